The highest BCUT2D eigenvalue weighted by molar-refractivity contribution is 6.04. The largest absolute Gasteiger partial charge is 0.478 e. The summed E-state index contributed by atoms with van der Waals surface area (Å²) in [7, 11) is 0. The van der Waals surface area contributed by atoms with Crippen molar-refractivity contribution in [3.05, 3.63) is 124 Å². The number of hydrogen-bond acceptors (Lipinski definition) is 6. The Labute approximate surface area is 226 Å². The monoisotopic (exact) mass is 523 g/mol. The number of rotatable bonds is 6. The molecule has 3 aliphatic rings. The summed E-state index contributed by atoms with van der Waals surface area (Å²) in [5, 5.41) is 11.1. The molecule has 8 nitrogen and oxygen atoms in total. The predicted octanol–water partition coefficient (Wildman–Crippen LogP) is 4.77. The van der Waals surface area contributed by atoms with Crippen LogP contribution in [0.5, 0.6) is 0 Å². The van der Waals surface area contributed by atoms with Crippen LogP contribution in [0.3, 0.4) is 0 Å². The van der Waals surface area contributed by atoms with Gasteiger partial charge in [0.1, 0.15) is 6.26 Å². The number of para-hydroxylation sites is 1. The van der Waals surface area contributed by atoms with E-state index in [1.807, 2.05) is 42.5 Å². The molecular formula is C31H29N3O5. The van der Waals surface area contributed by atoms with Crippen molar-refractivity contribution in [3.63, 3.8) is 0 Å². The lowest BCUT2D eigenvalue weighted by Crippen LogP contribution is -2.46. The van der Waals surface area contributed by atoms with Gasteiger partial charge in [0.25, 0.3) is 5.56 Å². The highest BCUT2D eigenvalue weighted by Crippen LogP contribution is 2.28. The number of aromatic carboxylic acids is 1. The van der Waals surface area contributed by atoms with Crippen LogP contribution < -0.4 is 5.56 Å². The summed E-state index contributed by atoms with van der Waals surface area (Å²) < 4.78 is 13.4. The molecular weight excluding hydrogens is 494 g/mol. The summed E-state index contributed by atoms with van der Waals surface area (Å²) in [5.41, 5.74) is 2.18. The van der Waals surface area contributed by atoms with E-state index in [9.17, 15) is 14.7 Å². The average Bonchev–Trinajstić information content (AvgIpc) is 2.99. The Bertz CT molecular complexity index is 1590. The Kier molecular flexibility index (Phi) is 6.77. The van der Waals surface area contributed by atoms with E-state index in [2.05, 4.69) is 15.9 Å². The molecule has 1 fully saturated rings. The van der Waals surface area contributed by atoms with E-state index in [4.69, 9.17) is 9.47 Å². The molecule has 6 rings (SSSR count). The summed E-state index contributed by atoms with van der Waals surface area (Å²) in [5.74, 6) is 0.343. The smallest absolute Gasteiger partial charge is 0.338 e. The minimum Gasteiger partial charge on any atom is -0.478 e. The van der Waals surface area contributed by atoms with Crippen LogP contribution >= 0.6 is 0 Å². The Balaban J connectivity index is 1.24. The van der Waals surface area contributed by atoms with Crippen molar-refractivity contribution >= 4 is 16.7 Å². The Morgan fingerprint density at radius 1 is 0.897 bits per heavy atom. The van der Waals surface area contributed by atoms with Crippen LogP contribution in [-0.2, 0) is 16.0 Å². The first-order valence-corrected chi connectivity index (χ1v) is 13.1. The average molecular weight is 524 g/mol. The number of fused-ring (bicyclic) bond motifs is 1. The van der Waals surface area contributed by atoms with E-state index >= 15 is 0 Å². The van der Waals surface area contributed by atoms with Gasteiger partial charge in [-0.05, 0) is 36.6 Å². The first-order valence-electron chi connectivity index (χ1n) is 13.1. The summed E-state index contributed by atoms with van der Waals surface area (Å²) in [6, 6.07) is 16.2. The quantitative estimate of drug-likeness (QED) is 0.498. The molecule has 0 saturated carbocycles. The Morgan fingerprint density at radius 3 is 2.31 bits per heavy atom. The topological polar surface area (TPSA) is 84.2 Å². The fraction of sp³-hybridized carbons (Fsp3) is 0.226. The van der Waals surface area contributed by atoms with E-state index in [0.29, 0.717) is 60.8 Å². The molecule has 1 N–H and O–H groups in total. The molecule has 198 valence electrons. The van der Waals surface area contributed by atoms with Crippen molar-refractivity contribution in [2.45, 2.75) is 19.4 Å². The van der Waals surface area contributed by atoms with Gasteiger partial charge < -0.3 is 19.5 Å². The van der Waals surface area contributed by atoms with Crippen LogP contribution in [0, 0.1) is 0 Å². The van der Waals surface area contributed by atoms with Crippen LogP contribution in [-0.4, -0.2) is 51.6 Å². The van der Waals surface area contributed by atoms with Crippen molar-refractivity contribution in [1.82, 2.24) is 14.4 Å². The first-order chi connectivity index (χ1) is 19.1. The van der Waals surface area contributed by atoms with Gasteiger partial charge >= 0.3 is 5.97 Å². The van der Waals surface area contributed by atoms with E-state index in [1.54, 1.807) is 41.4 Å². The molecule has 0 atom stereocenters. The zero-order chi connectivity index (χ0) is 26.8. The zero-order valence-electron chi connectivity index (χ0n) is 21.5. The number of aromatic nitrogens is 1. The number of carboxylic acid groups (broad SMARTS) is 1. The van der Waals surface area contributed by atoms with Crippen molar-refractivity contribution < 1.29 is 19.4 Å². The number of carbonyl (C=O) groups is 1. The number of carboxylic acids is 1. The third-order valence-electron chi connectivity index (χ3n) is 7.38. The fourth-order valence-corrected chi connectivity index (χ4v) is 5.37. The number of pyridine rings is 1. The number of benzene rings is 2. The molecule has 3 aromatic rings. The lowest BCUT2D eigenvalue weighted by atomic mass is 10.0. The molecule has 0 unspecified atom stereocenters. The van der Waals surface area contributed by atoms with Crippen LogP contribution in [0.25, 0.3) is 16.5 Å². The molecule has 0 bridgehead atoms. The van der Waals surface area contributed by atoms with E-state index < -0.39 is 5.97 Å². The van der Waals surface area contributed by atoms with Gasteiger partial charge in [-0.2, -0.15) is 0 Å². The molecule has 2 aromatic carbocycles. The van der Waals surface area contributed by atoms with E-state index in [1.165, 1.54) is 0 Å². The van der Waals surface area contributed by atoms with Gasteiger partial charge in [-0.1, -0.05) is 54.6 Å². The van der Waals surface area contributed by atoms with Crippen molar-refractivity contribution in [2.75, 3.05) is 26.2 Å². The second-order valence-corrected chi connectivity index (χ2v) is 9.74. The SMILES string of the molecule is O=C(O)c1c(CN2CCN(C3=COC(C4=CC=CCC4)=CO3)CC2)n(-c2ccccc2)c(=O)c2ccccc12. The van der Waals surface area contributed by atoms with Crippen LogP contribution in [0.2, 0.25) is 0 Å². The maximum absolute atomic E-state index is 13.7. The van der Waals surface area contributed by atoms with E-state index in [-0.39, 0.29) is 11.1 Å². The lowest BCUT2D eigenvalue weighted by molar-refractivity contribution is 0.0688. The van der Waals surface area contributed by atoms with Gasteiger partial charge in [-0.15, -0.1) is 0 Å². The summed E-state index contributed by atoms with van der Waals surface area (Å²) in [6.07, 6.45) is 11.4. The first kappa shape index (κ1) is 24.8. The molecule has 1 aliphatic carbocycles. The third-order valence-corrected chi connectivity index (χ3v) is 7.38. The third kappa shape index (κ3) is 4.86. The van der Waals surface area contributed by atoms with Gasteiger partial charge in [0.15, 0.2) is 12.0 Å². The predicted molar refractivity (Wildman–Crippen MR) is 148 cm³/mol. The van der Waals surface area contributed by atoms with Crippen LogP contribution in [0.1, 0.15) is 28.9 Å². The number of piperazine rings is 1. The van der Waals surface area contributed by atoms with Gasteiger partial charge in [0.2, 0.25) is 5.88 Å². The zero-order valence-corrected chi connectivity index (χ0v) is 21.5. The van der Waals surface area contributed by atoms with Crippen molar-refractivity contribution in [1.29, 1.82) is 0 Å². The number of nitrogens with zero attached hydrogens (tertiary/aromatic N) is 3. The number of ether oxygens (including phenoxy) is 2. The highest BCUT2D eigenvalue weighted by Gasteiger charge is 2.27. The second-order valence-electron chi connectivity index (χ2n) is 9.74. The molecule has 2 aliphatic heterocycles. The highest BCUT2D eigenvalue weighted by atomic mass is 16.6. The van der Waals surface area contributed by atoms with Crippen molar-refractivity contribution in [2.24, 2.45) is 0 Å². The molecule has 1 saturated heterocycles. The number of hydrogen-bond donors (Lipinski definition) is 1. The van der Waals surface area contributed by atoms with Gasteiger partial charge in [-0.25, -0.2) is 4.79 Å². The normalized spacial score (nSPS) is 17.6. The van der Waals surface area contributed by atoms with Crippen LogP contribution in [0.4, 0.5) is 0 Å². The number of allylic oxidation sites excluding steroid dienone is 4. The van der Waals surface area contributed by atoms with Crippen molar-refractivity contribution in [3.8, 4) is 5.69 Å². The minimum absolute atomic E-state index is 0.160. The molecule has 0 radical (unpaired) electrons. The molecule has 3 heterocycles. The molecule has 39 heavy (non-hydrogen) atoms. The Morgan fingerprint density at radius 2 is 1.64 bits per heavy atom. The maximum atomic E-state index is 13.7. The molecule has 8 heteroatoms. The summed E-state index contributed by atoms with van der Waals surface area (Å²) >= 11 is 0. The molecule has 0 amide bonds. The van der Waals surface area contributed by atoms with E-state index in [0.717, 1.165) is 24.2 Å². The minimum atomic E-state index is -1.05. The molecule has 0 spiro atoms. The van der Waals surface area contributed by atoms with Crippen LogP contribution in [0.15, 0.2) is 107 Å². The standard InChI is InChI=1S/C31H29N3O5/c35-30-25-14-8-7-13-24(25)29(31(36)37)26(34(30)23-11-5-2-6-12-23)19-32-15-17-33(18-16-32)28-21-38-27(20-39-28)22-9-3-1-4-10-22/h1-3,5-9,11-14,20-21H,4,10,15-19H2,(H,36,37). The lowest BCUT2D eigenvalue weighted by Gasteiger charge is -2.37. The molecule has 1 aromatic heterocycles. The summed E-state index contributed by atoms with van der Waals surface area (Å²) in [6.45, 7) is 3.02. The Hall–Kier alpha value is -4.56. The summed E-state index contributed by atoms with van der Waals surface area (Å²) in [4.78, 5) is 30.5. The second kappa shape index (κ2) is 10.7. The van der Waals surface area contributed by atoms with Gasteiger partial charge in [0, 0.05) is 49.2 Å². The fourth-order valence-electron chi connectivity index (χ4n) is 5.37. The maximum Gasteiger partial charge on any atom is 0.338 e. The van der Waals surface area contributed by atoms with Gasteiger partial charge in [0.05, 0.1) is 11.3 Å². The van der Waals surface area contributed by atoms with Gasteiger partial charge in [-0.3, -0.25) is 14.3 Å².